The molecular formula is C21H29N5O. The van der Waals surface area contributed by atoms with Crippen LogP contribution in [0.1, 0.15) is 61.3 Å². The third kappa shape index (κ3) is 3.04. The molecule has 27 heavy (non-hydrogen) atoms. The van der Waals surface area contributed by atoms with Crippen LogP contribution < -0.4 is 0 Å². The molecule has 5 rings (SSSR count). The molecule has 1 saturated carbocycles. The zero-order valence-electron chi connectivity index (χ0n) is 16.2. The molecule has 144 valence electrons. The van der Waals surface area contributed by atoms with Gasteiger partial charge in [-0.05, 0) is 63.7 Å². The summed E-state index contributed by atoms with van der Waals surface area (Å²) in [7, 11) is 2.19. The molecule has 3 fully saturated rings. The minimum Gasteiger partial charge on any atom is -0.338 e. The van der Waals surface area contributed by atoms with Crippen LogP contribution in [-0.4, -0.2) is 63.5 Å². The number of hydrogen-bond donors (Lipinski definition) is 0. The first-order valence-electron chi connectivity index (χ1n) is 10.4. The van der Waals surface area contributed by atoms with Gasteiger partial charge in [0.15, 0.2) is 5.65 Å². The summed E-state index contributed by atoms with van der Waals surface area (Å²) in [5.74, 6) is 0.121. The summed E-state index contributed by atoms with van der Waals surface area (Å²) in [6.45, 7) is 4.06. The average Bonchev–Trinajstić information content (AvgIpc) is 3.42. The molecule has 6 heteroatoms. The summed E-state index contributed by atoms with van der Waals surface area (Å²) in [6.07, 6.45) is 12.2. The lowest BCUT2D eigenvalue weighted by Crippen LogP contribution is -2.40. The van der Waals surface area contributed by atoms with Crippen LogP contribution in [-0.2, 0) is 0 Å². The molecule has 0 bridgehead atoms. The molecule has 2 aromatic rings. The number of amides is 1. The number of fused-ring (bicyclic) bond motifs is 1. The largest absolute Gasteiger partial charge is 0.338 e. The van der Waals surface area contributed by atoms with Crippen molar-refractivity contribution in [1.82, 2.24) is 24.3 Å². The van der Waals surface area contributed by atoms with Gasteiger partial charge in [0.25, 0.3) is 5.91 Å². The SMILES string of the molecule is CN1CCC2(CC1)CCN(C(=O)c1cnc3c(c1)ncn3C1CCCC1)C2. The Bertz CT molecular complexity index is 845. The topological polar surface area (TPSA) is 54.3 Å². The van der Waals surface area contributed by atoms with E-state index in [9.17, 15) is 4.79 Å². The van der Waals surface area contributed by atoms with E-state index in [1.165, 1.54) is 38.5 Å². The van der Waals surface area contributed by atoms with Crippen LogP contribution in [0.4, 0.5) is 0 Å². The van der Waals surface area contributed by atoms with Gasteiger partial charge in [-0.25, -0.2) is 9.97 Å². The van der Waals surface area contributed by atoms with Gasteiger partial charge in [-0.3, -0.25) is 4.79 Å². The van der Waals surface area contributed by atoms with Crippen LogP contribution in [0.25, 0.3) is 11.2 Å². The highest BCUT2D eigenvalue weighted by Gasteiger charge is 2.41. The van der Waals surface area contributed by atoms with Crippen molar-refractivity contribution in [3.63, 3.8) is 0 Å². The van der Waals surface area contributed by atoms with Crippen molar-refractivity contribution < 1.29 is 4.79 Å². The number of rotatable bonds is 2. The highest BCUT2D eigenvalue weighted by Crippen LogP contribution is 2.40. The van der Waals surface area contributed by atoms with Gasteiger partial charge in [-0.2, -0.15) is 0 Å². The second-order valence-corrected chi connectivity index (χ2v) is 8.94. The van der Waals surface area contributed by atoms with Crippen molar-refractivity contribution in [3.05, 3.63) is 24.2 Å². The molecule has 2 saturated heterocycles. The van der Waals surface area contributed by atoms with Crippen molar-refractivity contribution in [2.75, 3.05) is 33.2 Å². The second-order valence-electron chi connectivity index (χ2n) is 8.94. The van der Waals surface area contributed by atoms with E-state index in [2.05, 4.69) is 26.5 Å². The van der Waals surface area contributed by atoms with Gasteiger partial charge in [-0.1, -0.05) is 12.8 Å². The van der Waals surface area contributed by atoms with E-state index >= 15 is 0 Å². The number of carbonyl (C=O) groups is 1. The van der Waals surface area contributed by atoms with Crippen LogP contribution in [0.5, 0.6) is 0 Å². The zero-order chi connectivity index (χ0) is 18.4. The highest BCUT2D eigenvalue weighted by atomic mass is 16.2. The maximum Gasteiger partial charge on any atom is 0.255 e. The van der Waals surface area contributed by atoms with E-state index < -0.39 is 0 Å². The minimum atomic E-state index is 0.121. The summed E-state index contributed by atoms with van der Waals surface area (Å²) in [5, 5.41) is 0. The zero-order valence-corrected chi connectivity index (χ0v) is 16.2. The fourth-order valence-corrected chi connectivity index (χ4v) is 5.28. The van der Waals surface area contributed by atoms with Crippen LogP contribution in [0.15, 0.2) is 18.6 Å². The standard InChI is InChI=1S/C21H29N5O/c1-24-9-6-21(7-10-24)8-11-25(14-21)20(27)16-12-18-19(22-13-16)26(15-23-18)17-4-2-3-5-17/h12-13,15,17H,2-11,14H2,1H3. The van der Waals surface area contributed by atoms with Crippen LogP contribution in [0.3, 0.4) is 0 Å². The Morgan fingerprint density at radius 2 is 1.85 bits per heavy atom. The normalized spacial score (nSPS) is 23.7. The van der Waals surface area contributed by atoms with E-state index in [0.29, 0.717) is 17.0 Å². The molecule has 0 unspecified atom stereocenters. The Labute approximate surface area is 160 Å². The van der Waals surface area contributed by atoms with Crippen LogP contribution >= 0.6 is 0 Å². The molecule has 3 aliphatic rings. The summed E-state index contributed by atoms with van der Waals surface area (Å²) in [5.41, 5.74) is 2.79. The molecule has 1 amide bonds. The molecule has 1 aliphatic carbocycles. The molecule has 1 spiro atoms. The number of nitrogens with zero attached hydrogens (tertiary/aromatic N) is 5. The Balaban J connectivity index is 1.34. The van der Waals surface area contributed by atoms with E-state index in [1.807, 2.05) is 17.3 Å². The first-order chi connectivity index (χ1) is 13.1. The highest BCUT2D eigenvalue weighted by molar-refractivity contribution is 5.96. The lowest BCUT2D eigenvalue weighted by molar-refractivity contribution is 0.0736. The molecule has 2 aromatic heterocycles. The first kappa shape index (κ1) is 17.2. The Morgan fingerprint density at radius 3 is 2.63 bits per heavy atom. The number of aromatic nitrogens is 3. The number of hydrogen-bond acceptors (Lipinski definition) is 4. The van der Waals surface area contributed by atoms with E-state index in [0.717, 1.165) is 43.8 Å². The van der Waals surface area contributed by atoms with E-state index in [4.69, 9.17) is 0 Å². The smallest absolute Gasteiger partial charge is 0.255 e. The van der Waals surface area contributed by atoms with Crippen molar-refractivity contribution >= 4 is 17.1 Å². The van der Waals surface area contributed by atoms with Gasteiger partial charge >= 0.3 is 0 Å². The Hall–Kier alpha value is -1.95. The number of pyridine rings is 1. The van der Waals surface area contributed by atoms with Gasteiger partial charge in [-0.15, -0.1) is 0 Å². The van der Waals surface area contributed by atoms with Gasteiger partial charge < -0.3 is 14.4 Å². The lowest BCUT2D eigenvalue weighted by atomic mass is 9.78. The molecule has 4 heterocycles. The Kier molecular flexibility index (Phi) is 4.19. The average molecular weight is 367 g/mol. The molecule has 0 aromatic carbocycles. The lowest BCUT2D eigenvalue weighted by Gasteiger charge is -2.37. The molecule has 2 aliphatic heterocycles. The fraction of sp³-hybridized carbons (Fsp3) is 0.667. The van der Waals surface area contributed by atoms with Crippen molar-refractivity contribution in [1.29, 1.82) is 0 Å². The number of carbonyl (C=O) groups excluding carboxylic acids is 1. The van der Waals surface area contributed by atoms with E-state index in [-0.39, 0.29) is 5.91 Å². The third-order valence-corrected chi connectivity index (χ3v) is 7.15. The van der Waals surface area contributed by atoms with Gasteiger partial charge in [0.1, 0.15) is 5.52 Å². The second kappa shape index (κ2) is 6.59. The van der Waals surface area contributed by atoms with Gasteiger partial charge in [0.05, 0.1) is 11.9 Å². The molecule has 0 N–H and O–H groups in total. The summed E-state index contributed by atoms with van der Waals surface area (Å²) in [4.78, 5) is 26.7. The quantitative estimate of drug-likeness (QED) is 0.818. The fourth-order valence-electron chi connectivity index (χ4n) is 5.28. The summed E-state index contributed by atoms with van der Waals surface area (Å²) >= 11 is 0. The Morgan fingerprint density at radius 1 is 1.11 bits per heavy atom. The first-order valence-corrected chi connectivity index (χ1v) is 10.4. The minimum absolute atomic E-state index is 0.121. The summed E-state index contributed by atoms with van der Waals surface area (Å²) in [6, 6.07) is 2.46. The molecule has 6 nitrogen and oxygen atoms in total. The maximum absolute atomic E-state index is 13.1. The predicted molar refractivity (Wildman–Crippen MR) is 105 cm³/mol. The number of imidazole rings is 1. The van der Waals surface area contributed by atoms with Gasteiger partial charge in [0, 0.05) is 25.3 Å². The van der Waals surface area contributed by atoms with Crippen molar-refractivity contribution in [2.45, 2.75) is 51.0 Å². The predicted octanol–water partition coefficient (Wildman–Crippen LogP) is 3.10. The van der Waals surface area contributed by atoms with E-state index in [1.54, 1.807) is 6.20 Å². The molecule has 0 radical (unpaired) electrons. The number of piperidine rings is 1. The van der Waals surface area contributed by atoms with Crippen molar-refractivity contribution in [3.8, 4) is 0 Å². The van der Waals surface area contributed by atoms with Crippen LogP contribution in [0.2, 0.25) is 0 Å². The summed E-state index contributed by atoms with van der Waals surface area (Å²) < 4.78 is 2.21. The third-order valence-electron chi connectivity index (χ3n) is 7.15. The maximum atomic E-state index is 13.1. The van der Waals surface area contributed by atoms with Crippen molar-refractivity contribution in [2.24, 2.45) is 5.41 Å². The number of likely N-dealkylation sites (tertiary alicyclic amines) is 2. The monoisotopic (exact) mass is 367 g/mol. The molecular weight excluding hydrogens is 338 g/mol. The van der Waals surface area contributed by atoms with Crippen LogP contribution in [0, 0.1) is 5.41 Å². The van der Waals surface area contributed by atoms with Gasteiger partial charge in [0.2, 0.25) is 0 Å². The molecule has 0 atom stereocenters.